The lowest BCUT2D eigenvalue weighted by molar-refractivity contribution is 0.158. The van der Waals surface area contributed by atoms with E-state index in [2.05, 4.69) is 20.3 Å². The Morgan fingerprint density at radius 1 is 1.35 bits per heavy atom. The van der Waals surface area contributed by atoms with Gasteiger partial charge < -0.3 is 10.1 Å². The summed E-state index contributed by atoms with van der Waals surface area (Å²) in [6.07, 6.45) is 4.80. The molecule has 1 aromatic rings. The van der Waals surface area contributed by atoms with E-state index in [0.29, 0.717) is 11.7 Å². The van der Waals surface area contributed by atoms with Crippen LogP contribution in [-0.2, 0) is 14.8 Å². The van der Waals surface area contributed by atoms with Gasteiger partial charge in [0.2, 0.25) is 0 Å². The van der Waals surface area contributed by atoms with Crippen LogP contribution in [0.5, 0.6) is 0 Å². The molecule has 0 spiro atoms. The van der Waals surface area contributed by atoms with Crippen LogP contribution in [-0.4, -0.2) is 37.2 Å². The fourth-order valence-electron chi connectivity index (χ4n) is 2.95. The molecule has 23 heavy (non-hydrogen) atoms. The molecule has 1 aliphatic rings. The van der Waals surface area contributed by atoms with Gasteiger partial charge in [-0.2, -0.15) is 5.10 Å². The van der Waals surface area contributed by atoms with Gasteiger partial charge >= 0.3 is 6.09 Å². The summed E-state index contributed by atoms with van der Waals surface area (Å²) >= 11 is 0. The molecule has 8 nitrogen and oxygen atoms in total. The van der Waals surface area contributed by atoms with Gasteiger partial charge in [-0.05, 0) is 32.6 Å². The summed E-state index contributed by atoms with van der Waals surface area (Å²) in [6.45, 7) is 3.65. The van der Waals surface area contributed by atoms with E-state index in [1.54, 1.807) is 6.92 Å². The van der Waals surface area contributed by atoms with Gasteiger partial charge in [0.25, 0.3) is 10.0 Å². The van der Waals surface area contributed by atoms with Crippen molar-refractivity contribution in [1.29, 1.82) is 0 Å². The summed E-state index contributed by atoms with van der Waals surface area (Å²) in [5.41, 5.74) is 2.01. The monoisotopic (exact) mass is 344 g/mol. The number of nitrogens with zero attached hydrogens (tertiary/aromatic N) is 1. The molecule has 9 heteroatoms. The van der Waals surface area contributed by atoms with Crippen LogP contribution >= 0.6 is 0 Å². The van der Waals surface area contributed by atoms with Crippen LogP contribution in [0.4, 0.5) is 10.6 Å². The van der Waals surface area contributed by atoms with Gasteiger partial charge in [-0.25, -0.2) is 17.9 Å². The van der Waals surface area contributed by atoms with Crippen molar-refractivity contribution in [2.45, 2.75) is 51.9 Å². The Hall–Kier alpha value is -1.77. The maximum absolute atomic E-state index is 11.9. The Kier molecular flexibility index (Phi) is 5.86. The van der Waals surface area contributed by atoms with Crippen LogP contribution in [0.2, 0.25) is 0 Å². The number of carbonyl (C=O) groups is 1. The van der Waals surface area contributed by atoms with E-state index in [1.165, 1.54) is 19.3 Å². The highest BCUT2D eigenvalue weighted by Crippen LogP contribution is 2.37. The van der Waals surface area contributed by atoms with Gasteiger partial charge in [-0.3, -0.25) is 5.10 Å². The van der Waals surface area contributed by atoms with Gasteiger partial charge in [0.05, 0.1) is 6.61 Å². The van der Waals surface area contributed by atoms with Crippen LogP contribution in [0, 0.1) is 6.92 Å². The minimum atomic E-state index is -3.83. The highest BCUT2D eigenvalue weighted by atomic mass is 32.2. The second-order valence-corrected chi connectivity index (χ2v) is 7.43. The minimum Gasteiger partial charge on any atom is -0.449 e. The fraction of sp³-hybridized carbons (Fsp3) is 0.714. The fourth-order valence-corrected chi connectivity index (χ4v) is 3.66. The molecular formula is C14H24N4O4S. The number of sulfonamides is 1. The molecule has 1 amide bonds. The third-order valence-electron chi connectivity index (χ3n) is 3.95. The van der Waals surface area contributed by atoms with Crippen LogP contribution < -0.4 is 10.0 Å². The highest BCUT2D eigenvalue weighted by Gasteiger charge is 2.24. The summed E-state index contributed by atoms with van der Waals surface area (Å²) in [5.74, 6) is 0.505. The van der Waals surface area contributed by atoms with Crippen LogP contribution in [0.15, 0.2) is 0 Å². The number of nitrogens with one attached hydrogen (secondary N) is 3. The minimum absolute atomic E-state index is 0.110. The van der Waals surface area contributed by atoms with Crippen molar-refractivity contribution in [3.05, 3.63) is 11.3 Å². The molecular weight excluding hydrogens is 320 g/mol. The number of rotatable bonds is 6. The number of carbonyl (C=O) groups excluding carboxylic acids is 1. The van der Waals surface area contributed by atoms with Crippen molar-refractivity contribution >= 4 is 21.9 Å². The molecule has 0 saturated heterocycles. The SMILES string of the molecule is CCOC(=O)NS(=O)(=O)CNc1n[nH]c(C)c1C1CCCCC1. The maximum atomic E-state index is 11.9. The molecule has 1 saturated carbocycles. The second kappa shape index (κ2) is 7.67. The van der Waals surface area contributed by atoms with Crippen molar-refractivity contribution in [1.82, 2.24) is 14.9 Å². The molecule has 0 radical (unpaired) electrons. The molecule has 0 atom stereocenters. The first-order valence-electron chi connectivity index (χ1n) is 7.89. The Labute approximate surface area is 136 Å². The molecule has 1 fully saturated rings. The van der Waals surface area contributed by atoms with Crippen LogP contribution in [0.1, 0.15) is 56.2 Å². The second-order valence-electron chi connectivity index (χ2n) is 5.70. The number of ether oxygens (including phenoxy) is 1. The first kappa shape index (κ1) is 17.6. The summed E-state index contributed by atoms with van der Waals surface area (Å²) in [7, 11) is -3.83. The predicted octanol–water partition coefficient (Wildman–Crippen LogP) is 2.21. The lowest BCUT2D eigenvalue weighted by Crippen LogP contribution is -2.35. The summed E-state index contributed by atoms with van der Waals surface area (Å²) in [5, 5.41) is 9.90. The topological polar surface area (TPSA) is 113 Å². The number of aromatic nitrogens is 2. The van der Waals surface area contributed by atoms with Gasteiger partial charge in [0.15, 0.2) is 5.82 Å². The standard InChI is InChI=1S/C14H24N4O4S/c1-3-22-14(19)18-23(20,21)9-15-13-12(10(2)16-17-13)11-7-5-4-6-8-11/h11H,3-9H2,1-2H3,(H,18,19)(H2,15,16,17). The van der Waals surface area contributed by atoms with Crippen molar-refractivity contribution in [2.75, 3.05) is 17.8 Å². The first-order chi connectivity index (χ1) is 10.9. The van der Waals surface area contributed by atoms with E-state index >= 15 is 0 Å². The largest absolute Gasteiger partial charge is 0.449 e. The zero-order valence-corrected chi connectivity index (χ0v) is 14.3. The molecule has 1 heterocycles. The number of aryl methyl sites for hydroxylation is 1. The molecule has 130 valence electrons. The number of hydrogen-bond donors (Lipinski definition) is 3. The Morgan fingerprint density at radius 3 is 2.70 bits per heavy atom. The molecule has 0 aromatic carbocycles. The molecule has 1 aromatic heterocycles. The Balaban J connectivity index is 2.02. The van der Waals surface area contributed by atoms with Crippen molar-refractivity contribution < 1.29 is 17.9 Å². The van der Waals surface area contributed by atoms with Crippen molar-refractivity contribution in [3.8, 4) is 0 Å². The third kappa shape index (κ3) is 4.85. The van der Waals surface area contributed by atoms with Gasteiger partial charge in [-0.1, -0.05) is 19.3 Å². The van der Waals surface area contributed by atoms with E-state index in [0.717, 1.165) is 24.1 Å². The summed E-state index contributed by atoms with van der Waals surface area (Å²) < 4.78 is 30.2. The van der Waals surface area contributed by atoms with E-state index in [9.17, 15) is 13.2 Å². The lowest BCUT2D eigenvalue weighted by atomic mass is 9.84. The van der Waals surface area contributed by atoms with E-state index in [-0.39, 0.29) is 6.61 Å². The molecule has 3 N–H and O–H groups in total. The van der Waals surface area contributed by atoms with Crippen LogP contribution in [0.25, 0.3) is 0 Å². The Morgan fingerprint density at radius 2 is 2.04 bits per heavy atom. The number of H-pyrrole nitrogens is 1. The molecule has 2 rings (SSSR count). The Bertz CT molecular complexity index is 635. The lowest BCUT2D eigenvalue weighted by Gasteiger charge is -2.22. The number of anilines is 1. The molecule has 0 unspecified atom stereocenters. The third-order valence-corrected chi connectivity index (χ3v) is 4.95. The van der Waals surface area contributed by atoms with Gasteiger partial charge in [-0.15, -0.1) is 0 Å². The zero-order valence-electron chi connectivity index (χ0n) is 13.5. The number of hydrogen-bond acceptors (Lipinski definition) is 6. The first-order valence-corrected chi connectivity index (χ1v) is 9.54. The highest BCUT2D eigenvalue weighted by molar-refractivity contribution is 7.90. The number of amides is 1. The summed E-state index contributed by atoms with van der Waals surface area (Å²) in [6, 6.07) is 0. The van der Waals surface area contributed by atoms with E-state index in [1.807, 2.05) is 11.6 Å². The quantitative estimate of drug-likeness (QED) is 0.729. The predicted molar refractivity (Wildman–Crippen MR) is 86.7 cm³/mol. The van der Waals surface area contributed by atoms with Crippen molar-refractivity contribution in [3.63, 3.8) is 0 Å². The van der Waals surface area contributed by atoms with E-state index < -0.39 is 22.0 Å². The molecule has 0 aliphatic heterocycles. The molecule has 0 bridgehead atoms. The average Bonchev–Trinajstić information content (AvgIpc) is 2.87. The normalized spacial score (nSPS) is 16.1. The number of aromatic amines is 1. The van der Waals surface area contributed by atoms with E-state index in [4.69, 9.17) is 0 Å². The van der Waals surface area contributed by atoms with Crippen LogP contribution in [0.3, 0.4) is 0 Å². The smallest absolute Gasteiger partial charge is 0.420 e. The van der Waals surface area contributed by atoms with Gasteiger partial charge in [0, 0.05) is 11.3 Å². The zero-order chi connectivity index (χ0) is 16.9. The summed E-state index contributed by atoms with van der Waals surface area (Å²) in [4.78, 5) is 11.2. The van der Waals surface area contributed by atoms with Crippen molar-refractivity contribution in [2.24, 2.45) is 0 Å². The maximum Gasteiger partial charge on any atom is 0.420 e. The molecule has 1 aliphatic carbocycles. The average molecular weight is 344 g/mol. The van der Waals surface area contributed by atoms with Gasteiger partial charge in [0.1, 0.15) is 5.88 Å².